The summed E-state index contributed by atoms with van der Waals surface area (Å²) in [6.07, 6.45) is 4.41. The second-order valence-corrected chi connectivity index (χ2v) is 9.69. The van der Waals surface area contributed by atoms with Gasteiger partial charge >= 0.3 is 0 Å². The van der Waals surface area contributed by atoms with Crippen LogP contribution in [0.3, 0.4) is 0 Å². The van der Waals surface area contributed by atoms with Crippen LogP contribution < -0.4 is 5.30 Å². The van der Waals surface area contributed by atoms with Crippen LogP contribution in [0, 0.1) is 0 Å². The maximum Gasteiger partial charge on any atom is 0.0853 e. The van der Waals surface area contributed by atoms with Gasteiger partial charge < -0.3 is 5.11 Å². The number of aliphatic hydroxyl groups excluding tert-OH is 1. The van der Waals surface area contributed by atoms with Gasteiger partial charge in [-0.2, -0.15) is 0 Å². The summed E-state index contributed by atoms with van der Waals surface area (Å²) in [7, 11) is 0. The van der Waals surface area contributed by atoms with Gasteiger partial charge in [0.25, 0.3) is 0 Å². The lowest BCUT2D eigenvalue weighted by atomic mass is 10.0. The Morgan fingerprint density at radius 3 is 2.42 bits per heavy atom. The molecule has 2 rings (SSSR count). The van der Waals surface area contributed by atoms with Gasteiger partial charge in [-0.25, -0.2) is 0 Å². The Morgan fingerprint density at radius 2 is 1.89 bits per heavy atom. The van der Waals surface area contributed by atoms with Gasteiger partial charge in [0, 0.05) is 5.39 Å². The summed E-state index contributed by atoms with van der Waals surface area (Å²) in [6.45, 7) is 7.53. The van der Waals surface area contributed by atoms with Gasteiger partial charge in [-0.15, -0.1) is 0 Å². The molecule has 0 aliphatic heterocycles. The molecule has 0 spiro atoms. The van der Waals surface area contributed by atoms with E-state index in [9.17, 15) is 5.11 Å². The van der Waals surface area contributed by atoms with E-state index in [1.54, 1.807) is 0 Å². The minimum absolute atomic E-state index is 0.0138. The molecule has 3 heteroatoms. The van der Waals surface area contributed by atoms with Crippen LogP contribution in [-0.2, 0) is 6.61 Å². The molecule has 0 aliphatic rings. The van der Waals surface area contributed by atoms with E-state index in [1.807, 2.05) is 6.07 Å². The van der Waals surface area contributed by atoms with E-state index in [2.05, 4.69) is 56.7 Å². The molecule has 0 aliphatic carbocycles. The Bertz CT molecular complexity index is 655. The fraction of sp³-hybridized carbons (Fsp3) is 0.375. The van der Waals surface area contributed by atoms with Crippen molar-refractivity contribution in [2.24, 2.45) is 0 Å². The number of aliphatic hydroxyl groups is 1. The lowest BCUT2D eigenvalue weighted by molar-refractivity contribution is 0.277. The second kappa shape index (κ2) is 5.11. The highest BCUT2D eigenvalue weighted by Crippen LogP contribution is 2.40. The fourth-order valence-corrected chi connectivity index (χ4v) is 4.35. The zero-order chi connectivity index (χ0) is 14.2. The molecule has 0 unspecified atom stereocenters. The van der Waals surface area contributed by atoms with Crippen molar-refractivity contribution in [3.8, 4) is 0 Å². The monoisotopic (exact) mass is 275 g/mol. The molecule has 0 bridgehead atoms. The number of rotatable bonds is 3. The number of pyridine rings is 1. The number of nitrogens with zero attached hydrogens (tertiary/aromatic N) is 1. The van der Waals surface area contributed by atoms with E-state index >= 15 is 0 Å². The predicted molar refractivity (Wildman–Crippen MR) is 87.3 cm³/mol. The van der Waals surface area contributed by atoms with Crippen molar-refractivity contribution in [1.29, 1.82) is 0 Å². The van der Waals surface area contributed by atoms with E-state index in [1.165, 1.54) is 16.3 Å². The van der Waals surface area contributed by atoms with Crippen LogP contribution >= 0.6 is 6.89 Å². The molecule has 19 heavy (non-hydrogen) atoms. The zero-order valence-electron chi connectivity index (χ0n) is 12.1. The van der Waals surface area contributed by atoms with Gasteiger partial charge in [-0.1, -0.05) is 39.2 Å². The summed E-state index contributed by atoms with van der Waals surface area (Å²) < 4.78 is 0. The van der Waals surface area contributed by atoms with Crippen LogP contribution in [0.2, 0.25) is 0 Å². The second-order valence-electron chi connectivity index (χ2n) is 5.87. The van der Waals surface area contributed by atoms with Crippen molar-refractivity contribution in [3.05, 3.63) is 35.5 Å². The molecule has 1 aromatic carbocycles. The van der Waals surface area contributed by atoms with Gasteiger partial charge in [0.2, 0.25) is 0 Å². The first-order chi connectivity index (χ1) is 8.84. The lowest BCUT2D eigenvalue weighted by Gasteiger charge is -2.23. The van der Waals surface area contributed by atoms with Gasteiger partial charge in [0.05, 0.1) is 17.8 Å². The first kappa shape index (κ1) is 14.3. The standard InChI is InChI=1S/C16H22NOP/c1-11(2)13-8-9-15-14(16(13)19(3,4)5)7-6-12(10-18)17-15/h6-9,11,18H,3,10H2,1-2,4-5H3. The van der Waals surface area contributed by atoms with Crippen LogP contribution in [0.15, 0.2) is 24.3 Å². The van der Waals surface area contributed by atoms with Crippen LogP contribution in [0.25, 0.3) is 10.9 Å². The summed E-state index contributed by atoms with van der Waals surface area (Å²) in [6, 6.07) is 8.22. The third-order valence-electron chi connectivity index (χ3n) is 3.32. The Balaban J connectivity index is 2.84. The lowest BCUT2D eigenvalue weighted by Crippen LogP contribution is -2.14. The molecule has 2 aromatic rings. The molecule has 0 atom stereocenters. The number of hydrogen-bond donors (Lipinski definition) is 1. The Kier molecular flexibility index (Phi) is 3.85. The summed E-state index contributed by atoms with van der Waals surface area (Å²) >= 11 is 0. The Labute approximate surface area is 115 Å². The minimum atomic E-state index is -1.38. The zero-order valence-corrected chi connectivity index (χ0v) is 13.0. The topological polar surface area (TPSA) is 33.1 Å². The van der Waals surface area contributed by atoms with Crippen molar-refractivity contribution >= 4 is 29.4 Å². The van der Waals surface area contributed by atoms with Crippen molar-refractivity contribution in [1.82, 2.24) is 4.98 Å². The first-order valence-electron chi connectivity index (χ1n) is 6.57. The highest BCUT2D eigenvalue weighted by molar-refractivity contribution is 7.79. The van der Waals surface area contributed by atoms with Crippen LogP contribution in [-0.4, -0.2) is 29.7 Å². The average Bonchev–Trinajstić information content (AvgIpc) is 2.35. The Hall–Kier alpha value is -1.11. The number of hydrogen-bond acceptors (Lipinski definition) is 2. The highest BCUT2D eigenvalue weighted by atomic mass is 31.2. The SMILES string of the molecule is C=P(C)(C)c1c(C(C)C)ccc2nc(CO)ccc12. The maximum absolute atomic E-state index is 9.20. The van der Waals surface area contributed by atoms with E-state index in [0.717, 1.165) is 11.2 Å². The van der Waals surface area contributed by atoms with Crippen LogP contribution in [0.5, 0.6) is 0 Å². The average molecular weight is 275 g/mol. The van der Waals surface area contributed by atoms with Gasteiger partial charge in [0.1, 0.15) is 0 Å². The molecular formula is C16H22NOP. The number of benzene rings is 1. The van der Waals surface area contributed by atoms with E-state index in [0.29, 0.717) is 5.92 Å². The van der Waals surface area contributed by atoms with E-state index in [-0.39, 0.29) is 6.61 Å². The molecule has 0 amide bonds. The molecule has 0 radical (unpaired) electrons. The van der Waals surface area contributed by atoms with Gasteiger partial charge in [-0.05, 0) is 42.2 Å². The quantitative estimate of drug-likeness (QED) is 0.873. The smallest absolute Gasteiger partial charge is 0.0853 e. The number of fused-ring (bicyclic) bond motifs is 1. The molecule has 0 saturated heterocycles. The van der Waals surface area contributed by atoms with Crippen molar-refractivity contribution in [2.45, 2.75) is 26.4 Å². The van der Waals surface area contributed by atoms with Gasteiger partial charge in [-0.3, -0.25) is 4.98 Å². The van der Waals surface area contributed by atoms with Crippen molar-refractivity contribution in [2.75, 3.05) is 13.3 Å². The third-order valence-corrected chi connectivity index (χ3v) is 5.03. The Morgan fingerprint density at radius 1 is 1.21 bits per heavy atom. The molecule has 0 saturated carbocycles. The normalized spacial score (nSPS) is 12.3. The number of aromatic nitrogens is 1. The minimum Gasteiger partial charge on any atom is -0.390 e. The first-order valence-corrected chi connectivity index (χ1v) is 9.43. The van der Waals surface area contributed by atoms with Crippen molar-refractivity contribution < 1.29 is 5.11 Å². The van der Waals surface area contributed by atoms with Crippen LogP contribution in [0.1, 0.15) is 31.0 Å². The maximum atomic E-state index is 9.20. The molecule has 1 N–H and O–H groups in total. The summed E-state index contributed by atoms with van der Waals surface area (Å²) in [4.78, 5) is 4.51. The summed E-state index contributed by atoms with van der Waals surface area (Å²) in [5, 5.41) is 11.8. The predicted octanol–water partition coefficient (Wildman–Crippen LogP) is 3.19. The summed E-state index contributed by atoms with van der Waals surface area (Å²) in [5.41, 5.74) is 3.05. The highest BCUT2D eigenvalue weighted by Gasteiger charge is 2.17. The van der Waals surface area contributed by atoms with Crippen LogP contribution in [0.4, 0.5) is 0 Å². The fourth-order valence-electron chi connectivity index (χ4n) is 2.48. The molecule has 0 fully saturated rings. The largest absolute Gasteiger partial charge is 0.390 e. The molecule has 102 valence electrons. The summed E-state index contributed by atoms with van der Waals surface area (Å²) in [5.74, 6) is 0.484. The molecule has 1 heterocycles. The molecule has 2 nitrogen and oxygen atoms in total. The molecular weight excluding hydrogens is 253 g/mol. The van der Waals surface area contributed by atoms with E-state index in [4.69, 9.17) is 0 Å². The molecule has 1 aromatic heterocycles. The third kappa shape index (κ3) is 2.75. The van der Waals surface area contributed by atoms with Crippen molar-refractivity contribution in [3.63, 3.8) is 0 Å². The van der Waals surface area contributed by atoms with Gasteiger partial charge in [0.15, 0.2) is 0 Å². The van der Waals surface area contributed by atoms with E-state index < -0.39 is 6.89 Å².